The molecule has 0 bridgehead atoms. The van der Waals surface area contributed by atoms with E-state index in [0.717, 1.165) is 24.6 Å². The molecule has 4 rings (SSSR count). The first-order valence-electron chi connectivity index (χ1n) is 13.9. The van der Waals surface area contributed by atoms with Crippen LogP contribution in [0.5, 0.6) is 0 Å². The highest BCUT2D eigenvalue weighted by Gasteiger charge is 2.52. The second-order valence-electron chi connectivity index (χ2n) is 13.8. The number of amides is 2. The number of nitrogens with one attached hydrogen (secondary N) is 1. The normalized spacial score (nSPS) is 20.5. The SMILES string of the molecule is CC(C)(C)OC(=O)N1CCC(NC(=O)c2cn(COCC[Si](C)(C)C)c3ncc(C4CC4)nc23)(C(C)(C)O)C1. The number of likely N-dealkylation sites (tertiary alicyclic amines) is 1. The molecule has 10 nitrogen and oxygen atoms in total. The molecular weight excluding hydrogens is 514 g/mol. The summed E-state index contributed by atoms with van der Waals surface area (Å²) in [7, 11) is -1.24. The molecule has 2 aromatic heterocycles. The average molecular weight is 560 g/mol. The highest BCUT2D eigenvalue weighted by molar-refractivity contribution is 6.76. The lowest BCUT2D eigenvalue weighted by Gasteiger charge is -2.41. The van der Waals surface area contributed by atoms with Crippen molar-refractivity contribution < 1.29 is 24.2 Å². The Labute approximate surface area is 232 Å². The van der Waals surface area contributed by atoms with Gasteiger partial charge in [-0.05, 0) is 59.9 Å². The van der Waals surface area contributed by atoms with Gasteiger partial charge < -0.3 is 29.4 Å². The fraction of sp³-hybridized carbons (Fsp3) is 0.714. The molecule has 39 heavy (non-hydrogen) atoms. The van der Waals surface area contributed by atoms with E-state index in [1.807, 2.05) is 25.3 Å². The topological polar surface area (TPSA) is 119 Å². The highest BCUT2D eigenvalue weighted by Crippen LogP contribution is 2.39. The van der Waals surface area contributed by atoms with Crippen LogP contribution in [0.1, 0.15) is 75.9 Å². The Morgan fingerprint density at radius 1 is 1.21 bits per heavy atom. The molecule has 1 atom stereocenters. The van der Waals surface area contributed by atoms with Crippen molar-refractivity contribution in [1.29, 1.82) is 0 Å². The Balaban J connectivity index is 1.60. The number of hydrogen-bond acceptors (Lipinski definition) is 7. The standard InChI is InChI=1S/C28H45N5O5Si/c1-26(2,3)38-25(35)32-12-11-28(17-32,27(4,5)36)31-24(34)20-16-33(18-37-13-14-39(6,7)8)23-22(20)30-21(15-29-23)19-9-10-19/h15-16,19,36H,9-14,17-18H2,1-8H3,(H,31,34). The lowest BCUT2D eigenvalue weighted by atomic mass is 9.81. The Morgan fingerprint density at radius 3 is 2.49 bits per heavy atom. The van der Waals surface area contributed by atoms with Crippen molar-refractivity contribution in [1.82, 2.24) is 24.8 Å². The molecule has 2 N–H and O–H groups in total. The van der Waals surface area contributed by atoms with Gasteiger partial charge in [0.25, 0.3) is 5.91 Å². The number of ether oxygens (including phenoxy) is 2. The third-order valence-electron chi connectivity index (χ3n) is 7.50. The van der Waals surface area contributed by atoms with Gasteiger partial charge >= 0.3 is 6.09 Å². The molecule has 3 heterocycles. The Bertz CT molecular complexity index is 1220. The molecule has 2 amide bonds. The van der Waals surface area contributed by atoms with Crippen LogP contribution in [-0.4, -0.2) is 81.1 Å². The van der Waals surface area contributed by atoms with Crippen molar-refractivity contribution in [3.8, 4) is 0 Å². The number of nitrogens with zero attached hydrogens (tertiary/aromatic N) is 4. The van der Waals surface area contributed by atoms with Crippen LogP contribution < -0.4 is 5.32 Å². The third kappa shape index (κ3) is 6.99. The molecule has 11 heteroatoms. The highest BCUT2D eigenvalue weighted by atomic mass is 28.3. The molecule has 2 aliphatic rings. The van der Waals surface area contributed by atoms with Gasteiger partial charge in [0.1, 0.15) is 17.8 Å². The van der Waals surface area contributed by atoms with Crippen molar-refractivity contribution in [2.75, 3.05) is 19.7 Å². The molecule has 2 fully saturated rings. The van der Waals surface area contributed by atoms with Gasteiger partial charge in [0.2, 0.25) is 0 Å². The van der Waals surface area contributed by atoms with Crippen molar-refractivity contribution >= 4 is 31.2 Å². The fourth-order valence-corrected chi connectivity index (χ4v) is 5.53. The zero-order valence-corrected chi connectivity index (χ0v) is 25.8. The van der Waals surface area contributed by atoms with Crippen molar-refractivity contribution in [3.05, 3.63) is 23.7 Å². The van der Waals surface area contributed by atoms with Crippen LogP contribution in [0.4, 0.5) is 4.79 Å². The van der Waals surface area contributed by atoms with Gasteiger partial charge in [-0.2, -0.15) is 0 Å². The van der Waals surface area contributed by atoms with Crippen LogP contribution in [0.2, 0.25) is 25.7 Å². The maximum absolute atomic E-state index is 13.9. The van der Waals surface area contributed by atoms with Gasteiger partial charge in [0.05, 0.1) is 28.6 Å². The minimum Gasteiger partial charge on any atom is -0.444 e. The molecule has 2 aromatic rings. The molecule has 1 saturated heterocycles. The summed E-state index contributed by atoms with van der Waals surface area (Å²) in [4.78, 5) is 37.7. The summed E-state index contributed by atoms with van der Waals surface area (Å²) in [6.45, 7) is 17.1. The molecule has 1 aliphatic carbocycles. The fourth-order valence-electron chi connectivity index (χ4n) is 4.78. The quantitative estimate of drug-likeness (QED) is 0.343. The second kappa shape index (κ2) is 10.5. The van der Waals surface area contributed by atoms with E-state index in [0.29, 0.717) is 42.2 Å². The molecule has 0 spiro atoms. The first-order chi connectivity index (χ1) is 18.0. The summed E-state index contributed by atoms with van der Waals surface area (Å²) < 4.78 is 13.4. The molecule has 1 aliphatic heterocycles. The zero-order chi connectivity index (χ0) is 28.8. The van der Waals surface area contributed by atoms with E-state index in [-0.39, 0.29) is 19.2 Å². The first-order valence-corrected chi connectivity index (χ1v) is 17.7. The number of hydrogen-bond donors (Lipinski definition) is 2. The summed E-state index contributed by atoms with van der Waals surface area (Å²) >= 11 is 0. The van der Waals surface area contributed by atoms with E-state index in [1.54, 1.807) is 31.1 Å². The molecule has 216 valence electrons. The monoisotopic (exact) mass is 559 g/mol. The number of fused-ring (bicyclic) bond motifs is 1. The Hall–Kier alpha value is -2.50. The predicted octanol–water partition coefficient (Wildman–Crippen LogP) is 4.50. The summed E-state index contributed by atoms with van der Waals surface area (Å²) in [5.74, 6) is 0.0188. The van der Waals surface area contributed by atoms with E-state index < -0.39 is 30.9 Å². The van der Waals surface area contributed by atoms with Gasteiger partial charge in [-0.3, -0.25) is 4.79 Å². The van der Waals surface area contributed by atoms with Crippen molar-refractivity contribution in [3.63, 3.8) is 0 Å². The lowest BCUT2D eigenvalue weighted by molar-refractivity contribution is -0.0183. The summed E-state index contributed by atoms with van der Waals surface area (Å²) in [6.07, 6.45) is 5.61. The van der Waals surface area contributed by atoms with Crippen LogP contribution in [0.15, 0.2) is 12.4 Å². The van der Waals surface area contributed by atoms with Gasteiger partial charge in [-0.15, -0.1) is 0 Å². The maximum atomic E-state index is 13.9. The maximum Gasteiger partial charge on any atom is 0.410 e. The van der Waals surface area contributed by atoms with Crippen LogP contribution in [0.3, 0.4) is 0 Å². The van der Waals surface area contributed by atoms with Crippen LogP contribution in [0.25, 0.3) is 11.2 Å². The van der Waals surface area contributed by atoms with Gasteiger partial charge in [-0.25, -0.2) is 14.8 Å². The Kier molecular flexibility index (Phi) is 7.92. The number of carbonyl (C=O) groups is 2. The smallest absolute Gasteiger partial charge is 0.410 e. The summed E-state index contributed by atoms with van der Waals surface area (Å²) in [5.41, 5.74) is -0.614. The molecule has 0 aromatic carbocycles. The van der Waals surface area contributed by atoms with Crippen LogP contribution in [0, 0.1) is 0 Å². The van der Waals surface area contributed by atoms with E-state index >= 15 is 0 Å². The minimum absolute atomic E-state index is 0.134. The van der Waals surface area contributed by atoms with Gasteiger partial charge in [0, 0.05) is 39.9 Å². The first kappa shape index (κ1) is 29.5. The largest absolute Gasteiger partial charge is 0.444 e. The molecular formula is C28H45N5O5Si. The van der Waals surface area contributed by atoms with E-state index in [1.165, 1.54) is 0 Å². The minimum atomic E-state index is -1.30. The van der Waals surface area contributed by atoms with E-state index in [9.17, 15) is 14.7 Å². The summed E-state index contributed by atoms with van der Waals surface area (Å²) in [6, 6.07) is 1.04. The number of rotatable bonds is 9. The zero-order valence-electron chi connectivity index (χ0n) is 24.8. The predicted molar refractivity (Wildman–Crippen MR) is 153 cm³/mol. The molecule has 0 radical (unpaired) electrons. The van der Waals surface area contributed by atoms with Crippen molar-refractivity contribution in [2.24, 2.45) is 0 Å². The Morgan fingerprint density at radius 2 is 1.90 bits per heavy atom. The van der Waals surface area contributed by atoms with Crippen molar-refractivity contribution in [2.45, 2.75) is 109 Å². The third-order valence-corrected chi connectivity index (χ3v) is 9.20. The van der Waals surface area contributed by atoms with Gasteiger partial charge in [-0.1, -0.05) is 19.6 Å². The van der Waals surface area contributed by atoms with E-state index in [4.69, 9.17) is 14.5 Å². The lowest BCUT2D eigenvalue weighted by Crippen LogP contribution is -2.63. The number of aliphatic hydroxyl groups is 1. The van der Waals surface area contributed by atoms with Crippen LogP contribution in [-0.2, 0) is 16.2 Å². The molecule has 1 saturated carbocycles. The average Bonchev–Trinajstić information content (AvgIpc) is 3.44. The number of carbonyl (C=O) groups excluding carboxylic acids is 2. The number of aromatic nitrogens is 3. The van der Waals surface area contributed by atoms with Gasteiger partial charge in [0.15, 0.2) is 5.65 Å². The van der Waals surface area contributed by atoms with E-state index in [2.05, 4.69) is 29.9 Å². The second-order valence-corrected chi connectivity index (χ2v) is 19.5. The van der Waals surface area contributed by atoms with Crippen LogP contribution >= 0.6 is 0 Å². The summed E-state index contributed by atoms with van der Waals surface area (Å²) in [5, 5.41) is 14.3. The molecule has 1 unspecified atom stereocenters.